The number of hydrogen-bond donors (Lipinski definition) is 0. The van der Waals surface area contributed by atoms with Crippen molar-refractivity contribution in [3.05, 3.63) is 398 Å². The summed E-state index contributed by atoms with van der Waals surface area (Å²) < 4.78 is 0. The van der Waals surface area contributed by atoms with E-state index in [9.17, 15) is 0 Å². The molecular formula is C91H74Ir3N6-6. The minimum Gasteiger partial charge on any atom is -0.304 e. The molecule has 15 aromatic rings. The van der Waals surface area contributed by atoms with E-state index in [1.165, 1.54) is 55.6 Å². The molecule has 0 aliphatic rings. The van der Waals surface area contributed by atoms with Gasteiger partial charge in [0.15, 0.2) is 0 Å². The molecule has 0 saturated carbocycles. The fourth-order valence-corrected chi connectivity index (χ4v) is 9.96. The molecule has 0 fully saturated rings. The number of benzene rings is 9. The molecule has 3 radical (unpaired) electrons. The van der Waals surface area contributed by atoms with Gasteiger partial charge in [0.25, 0.3) is 0 Å². The Hall–Kier alpha value is -10.2. The summed E-state index contributed by atoms with van der Waals surface area (Å²) in [6.45, 7) is 14.4. The maximum atomic E-state index is 4.54. The van der Waals surface area contributed by atoms with Gasteiger partial charge in [-0.25, -0.2) is 0 Å². The van der Waals surface area contributed by atoms with Crippen molar-refractivity contribution in [1.82, 2.24) is 29.9 Å². The van der Waals surface area contributed by atoms with E-state index in [0.717, 1.165) is 84.2 Å². The molecule has 6 nitrogen and oxygen atoms in total. The summed E-state index contributed by atoms with van der Waals surface area (Å²) in [6, 6.07) is 115. The van der Waals surface area contributed by atoms with Gasteiger partial charge >= 0.3 is 0 Å². The van der Waals surface area contributed by atoms with Gasteiger partial charge in [-0.05, 0) is 105 Å². The molecule has 6 heterocycles. The van der Waals surface area contributed by atoms with Crippen molar-refractivity contribution in [2.45, 2.75) is 48.5 Å². The fraction of sp³-hybridized carbons (Fsp3) is 0.0769. The molecule has 6 aromatic heterocycles. The minimum absolute atomic E-state index is 0. The van der Waals surface area contributed by atoms with E-state index in [2.05, 4.69) is 191 Å². The summed E-state index contributed by atoms with van der Waals surface area (Å²) in [7, 11) is 0. The van der Waals surface area contributed by atoms with Crippen LogP contribution in [0.25, 0.3) is 101 Å². The Bertz CT molecular complexity index is 4530. The van der Waals surface area contributed by atoms with Gasteiger partial charge in [0.2, 0.25) is 0 Å². The average Bonchev–Trinajstić information content (AvgIpc) is 0.876. The van der Waals surface area contributed by atoms with E-state index < -0.39 is 0 Å². The van der Waals surface area contributed by atoms with Crippen LogP contribution in [0.3, 0.4) is 0 Å². The summed E-state index contributed by atoms with van der Waals surface area (Å²) in [5.74, 6) is 0. The summed E-state index contributed by atoms with van der Waals surface area (Å²) >= 11 is 0. The Labute approximate surface area is 632 Å². The van der Waals surface area contributed by atoms with Crippen LogP contribution < -0.4 is 0 Å². The van der Waals surface area contributed by atoms with Crippen molar-refractivity contribution >= 4 is 0 Å². The van der Waals surface area contributed by atoms with Gasteiger partial charge in [-0.1, -0.05) is 191 Å². The zero-order valence-corrected chi connectivity index (χ0v) is 64.0. The van der Waals surface area contributed by atoms with Gasteiger partial charge in [0.1, 0.15) is 0 Å². The molecule has 0 aliphatic heterocycles. The second kappa shape index (κ2) is 40.7. The van der Waals surface area contributed by atoms with Gasteiger partial charge in [-0.2, -0.15) is 0 Å². The monoisotopic (exact) mass is 1830 g/mol. The van der Waals surface area contributed by atoms with Crippen molar-refractivity contribution in [2.24, 2.45) is 0 Å². The zero-order chi connectivity index (χ0) is 67.4. The predicted molar refractivity (Wildman–Crippen MR) is 401 cm³/mol. The van der Waals surface area contributed by atoms with Gasteiger partial charge in [-0.3, -0.25) is 0 Å². The van der Waals surface area contributed by atoms with Crippen molar-refractivity contribution in [3.63, 3.8) is 0 Å². The maximum absolute atomic E-state index is 4.54. The number of aryl methyl sites for hydroxylation is 7. The van der Waals surface area contributed by atoms with Crippen molar-refractivity contribution < 1.29 is 60.3 Å². The Kier molecular flexibility index (Phi) is 31.4. The van der Waals surface area contributed by atoms with Gasteiger partial charge in [0, 0.05) is 97.5 Å². The van der Waals surface area contributed by atoms with Crippen molar-refractivity contribution in [2.75, 3.05) is 0 Å². The molecule has 0 saturated heterocycles. The zero-order valence-electron chi connectivity index (χ0n) is 56.8. The molecule has 15 rings (SSSR count). The Morgan fingerprint density at radius 3 is 0.620 bits per heavy atom. The van der Waals surface area contributed by atoms with E-state index in [0.29, 0.717) is 0 Å². The predicted octanol–water partition coefficient (Wildman–Crippen LogP) is 22.4. The van der Waals surface area contributed by atoms with Gasteiger partial charge < -0.3 is 29.9 Å². The number of hydrogen-bond acceptors (Lipinski definition) is 6. The minimum atomic E-state index is 0. The first-order valence-corrected chi connectivity index (χ1v) is 32.2. The van der Waals surface area contributed by atoms with Crippen molar-refractivity contribution in [3.8, 4) is 101 Å². The standard InChI is InChI=1S/2C18H14N.C17H12N.2C13H12N.C12H10N.3Ir/c2*1-14-6-5-9-16(12-14)18-11-10-17(13-19-18)15-7-3-2-4-8-15;1-3-7-14(8-4-1)16-11-12-17(18-13-16)15-9-5-2-6-10-15;2*1-10-4-3-5-12(8-10)13-7-6-11(2)9-14-13;1-10-7-8-12(13-9-10)11-5-3-2-4-6-11;;;/h2*2-8,10-13H,1H3;1-9,11-13H;2*3-4,6-9H,1-2H3;2-5,7-9H,1H3;;;/q6*-1;;;. The van der Waals surface area contributed by atoms with E-state index >= 15 is 0 Å². The Balaban J connectivity index is 0.000000169. The molecule has 0 atom stereocenters. The van der Waals surface area contributed by atoms with Crippen LogP contribution in [-0.4, -0.2) is 29.9 Å². The fourth-order valence-electron chi connectivity index (χ4n) is 9.96. The van der Waals surface area contributed by atoms with Crippen LogP contribution >= 0.6 is 0 Å². The van der Waals surface area contributed by atoms with Gasteiger partial charge in [-0.15, -0.1) is 213 Å². The van der Waals surface area contributed by atoms with E-state index in [1.54, 1.807) is 0 Å². The molecule has 0 unspecified atom stereocenters. The molecule has 0 amide bonds. The molecule has 100 heavy (non-hydrogen) atoms. The molecule has 0 spiro atoms. The first-order chi connectivity index (χ1) is 47.5. The van der Waals surface area contributed by atoms with Crippen molar-refractivity contribution in [1.29, 1.82) is 0 Å². The van der Waals surface area contributed by atoms with Crippen LogP contribution in [0.2, 0.25) is 0 Å². The smallest absolute Gasteiger partial charge is 0.0239 e. The van der Waals surface area contributed by atoms with Crippen LogP contribution in [0.15, 0.2) is 322 Å². The van der Waals surface area contributed by atoms with Crippen LogP contribution in [-0.2, 0) is 60.3 Å². The normalized spacial score (nSPS) is 9.91. The van der Waals surface area contributed by atoms with Crippen LogP contribution in [0, 0.1) is 84.9 Å². The third kappa shape index (κ3) is 24.1. The second-order valence-electron chi connectivity index (χ2n) is 23.2. The largest absolute Gasteiger partial charge is 0.304 e. The van der Waals surface area contributed by atoms with E-state index in [1.807, 2.05) is 246 Å². The summed E-state index contributed by atoms with van der Waals surface area (Å²) in [6.07, 6.45) is 11.4. The van der Waals surface area contributed by atoms with E-state index in [-0.39, 0.29) is 60.3 Å². The Morgan fingerprint density at radius 2 is 0.410 bits per heavy atom. The number of nitrogens with zero attached hydrogens (tertiary/aromatic N) is 6. The molecule has 0 bridgehead atoms. The van der Waals surface area contributed by atoms with Gasteiger partial charge in [0.05, 0.1) is 0 Å². The topological polar surface area (TPSA) is 77.3 Å². The SMILES string of the molecule is Cc1cc[c-]c(-c2ccc(-c3ccccc3)cn2)c1.Cc1cc[c-]c(-c2ccc(-c3ccccc3)cn2)c1.Cc1ccc(-c2[c-]ccc(C)c2)nc1.Cc1ccc(-c2[c-]ccc(C)c2)nc1.Cc1ccc(-c2[c-]cccc2)nc1.[Ir].[Ir].[Ir].[c-]1ccccc1-c1ccc(-c2ccccc2)cn1. The van der Waals surface area contributed by atoms with Crippen LogP contribution in [0.1, 0.15) is 38.9 Å². The summed E-state index contributed by atoms with van der Waals surface area (Å²) in [5.41, 5.74) is 27.5. The first-order valence-electron chi connectivity index (χ1n) is 32.2. The van der Waals surface area contributed by atoms with E-state index in [4.69, 9.17) is 0 Å². The summed E-state index contributed by atoms with van der Waals surface area (Å²) in [5, 5.41) is 0. The first kappa shape index (κ1) is 77.2. The third-order valence-electron chi connectivity index (χ3n) is 15.2. The molecule has 9 heteroatoms. The number of rotatable bonds is 9. The third-order valence-corrected chi connectivity index (χ3v) is 15.2. The Morgan fingerprint density at radius 1 is 0.180 bits per heavy atom. The molecule has 0 aliphatic carbocycles. The summed E-state index contributed by atoms with van der Waals surface area (Å²) in [4.78, 5) is 26.6. The molecule has 9 aromatic carbocycles. The maximum Gasteiger partial charge on any atom is 0.0239 e. The number of pyridine rings is 6. The average molecular weight is 1830 g/mol. The number of aromatic nitrogens is 6. The van der Waals surface area contributed by atoms with Crippen LogP contribution in [0.4, 0.5) is 0 Å². The molecule has 501 valence electrons. The molecule has 0 N–H and O–H groups in total. The second-order valence-corrected chi connectivity index (χ2v) is 23.2. The van der Waals surface area contributed by atoms with Crippen LogP contribution in [0.5, 0.6) is 0 Å². The molecular weight excluding hydrogens is 1750 g/mol. The quantitative estimate of drug-likeness (QED) is 0.134.